The molecule has 3 aromatic carbocycles. The van der Waals surface area contributed by atoms with Crippen LogP contribution in [0.25, 0.3) is 33.6 Å². The molecule has 4 nitrogen and oxygen atoms in total. The lowest BCUT2D eigenvalue weighted by Gasteiger charge is -2.18. The minimum atomic E-state index is -0.147. The predicted octanol–water partition coefficient (Wildman–Crippen LogP) is 5.72. The van der Waals surface area contributed by atoms with Gasteiger partial charge in [-0.1, -0.05) is 60.2 Å². The number of carbonyl (C=O) groups excluding carboxylic acids is 1. The number of ether oxygens (including phenoxy) is 1. The molecule has 0 radical (unpaired) electrons. The van der Waals surface area contributed by atoms with E-state index in [2.05, 4.69) is 60.8 Å². The number of pyridine rings is 1. The monoisotopic (exact) mass is 392 g/mol. The molecule has 1 N–H and O–H groups in total. The van der Waals surface area contributed by atoms with Crippen molar-refractivity contribution >= 4 is 11.6 Å². The van der Waals surface area contributed by atoms with E-state index < -0.39 is 0 Å². The first-order valence-electron chi connectivity index (χ1n) is 9.87. The van der Waals surface area contributed by atoms with Crippen LogP contribution in [-0.4, -0.2) is 17.5 Å². The van der Waals surface area contributed by atoms with Crippen molar-refractivity contribution in [2.75, 3.05) is 11.9 Å². The van der Waals surface area contributed by atoms with Crippen molar-refractivity contribution in [3.05, 3.63) is 90.5 Å². The number of aryl methyl sites for hydroxylation is 1. The molecule has 146 valence electrons. The molecule has 1 aliphatic heterocycles. The van der Waals surface area contributed by atoms with Crippen molar-refractivity contribution in [3.63, 3.8) is 0 Å². The van der Waals surface area contributed by atoms with Gasteiger partial charge >= 0.3 is 0 Å². The van der Waals surface area contributed by atoms with Gasteiger partial charge in [0.15, 0.2) is 6.61 Å². The van der Waals surface area contributed by atoms with Crippen LogP contribution in [0.15, 0.2) is 84.9 Å². The lowest BCUT2D eigenvalue weighted by atomic mass is 9.99. The summed E-state index contributed by atoms with van der Waals surface area (Å²) in [6, 6.07) is 28.6. The molecule has 0 atom stereocenters. The summed E-state index contributed by atoms with van der Waals surface area (Å²) in [5.41, 5.74) is 7.85. The molecule has 0 bridgehead atoms. The third-order valence-electron chi connectivity index (χ3n) is 5.19. The normalized spacial score (nSPS) is 12.6. The number of hydrogen-bond acceptors (Lipinski definition) is 3. The minimum absolute atomic E-state index is 0.0473. The maximum absolute atomic E-state index is 11.7. The lowest BCUT2D eigenvalue weighted by molar-refractivity contribution is -0.118. The van der Waals surface area contributed by atoms with Crippen LogP contribution in [0.3, 0.4) is 0 Å². The zero-order valence-electron chi connectivity index (χ0n) is 16.6. The second kappa shape index (κ2) is 7.48. The predicted molar refractivity (Wildman–Crippen MR) is 119 cm³/mol. The number of benzene rings is 3. The fraction of sp³-hybridized carbons (Fsp3) is 0.0769. The summed E-state index contributed by atoms with van der Waals surface area (Å²) in [6.07, 6.45) is 0. The van der Waals surface area contributed by atoms with Crippen molar-refractivity contribution in [2.45, 2.75) is 6.92 Å². The van der Waals surface area contributed by atoms with E-state index in [9.17, 15) is 4.79 Å². The van der Waals surface area contributed by atoms with E-state index in [1.54, 1.807) is 0 Å². The van der Waals surface area contributed by atoms with Crippen LogP contribution in [0, 0.1) is 6.92 Å². The average molecular weight is 392 g/mol. The molecule has 0 unspecified atom stereocenters. The number of nitrogens with one attached hydrogen (secondary N) is 1. The highest BCUT2D eigenvalue weighted by molar-refractivity contribution is 5.96. The third-order valence-corrected chi connectivity index (χ3v) is 5.19. The molecule has 1 amide bonds. The number of anilines is 1. The molecule has 0 fully saturated rings. The summed E-state index contributed by atoms with van der Waals surface area (Å²) in [7, 11) is 0. The van der Waals surface area contributed by atoms with Gasteiger partial charge in [-0.05, 0) is 48.4 Å². The van der Waals surface area contributed by atoms with Gasteiger partial charge in [0.05, 0.1) is 17.1 Å². The Hall–Kier alpha value is -3.92. The van der Waals surface area contributed by atoms with E-state index in [4.69, 9.17) is 9.72 Å². The van der Waals surface area contributed by atoms with E-state index in [0.29, 0.717) is 11.4 Å². The molecule has 1 aliphatic rings. The highest BCUT2D eigenvalue weighted by Crippen LogP contribution is 2.35. The summed E-state index contributed by atoms with van der Waals surface area (Å²) in [4.78, 5) is 16.7. The Bertz CT molecular complexity index is 1230. The molecule has 1 aromatic heterocycles. The smallest absolute Gasteiger partial charge is 0.262 e. The molecule has 4 heteroatoms. The summed E-state index contributed by atoms with van der Waals surface area (Å²) >= 11 is 0. The van der Waals surface area contributed by atoms with Crippen LogP contribution in [0.1, 0.15) is 5.56 Å². The van der Waals surface area contributed by atoms with E-state index in [1.807, 2.05) is 36.4 Å². The Balaban J connectivity index is 1.66. The Morgan fingerprint density at radius 1 is 0.767 bits per heavy atom. The molecule has 0 aliphatic carbocycles. The van der Waals surface area contributed by atoms with Gasteiger partial charge in [-0.2, -0.15) is 0 Å². The molecular weight excluding hydrogens is 372 g/mol. The summed E-state index contributed by atoms with van der Waals surface area (Å²) < 4.78 is 5.49. The standard InChI is InChI=1S/C26H20N2O2/c1-17-7-9-18(10-8-17)21-14-22(19-5-3-2-4-6-19)27-23(15-21)20-11-12-25-24(13-20)28-26(29)16-30-25/h2-15H,16H2,1H3,(H,28,29). The van der Waals surface area contributed by atoms with Crippen LogP contribution in [0.4, 0.5) is 5.69 Å². The lowest BCUT2D eigenvalue weighted by Crippen LogP contribution is -2.25. The molecule has 0 saturated heterocycles. The minimum Gasteiger partial charge on any atom is -0.482 e. The quantitative estimate of drug-likeness (QED) is 0.485. The van der Waals surface area contributed by atoms with Crippen LogP contribution in [0.2, 0.25) is 0 Å². The van der Waals surface area contributed by atoms with Gasteiger partial charge in [-0.15, -0.1) is 0 Å². The van der Waals surface area contributed by atoms with Gasteiger partial charge in [0.2, 0.25) is 0 Å². The number of carbonyl (C=O) groups is 1. The van der Waals surface area contributed by atoms with Crippen LogP contribution in [0.5, 0.6) is 5.75 Å². The molecule has 2 heterocycles. The molecule has 0 saturated carbocycles. The number of fused-ring (bicyclic) bond motifs is 1. The Kier molecular flexibility index (Phi) is 4.52. The number of rotatable bonds is 3. The second-order valence-electron chi connectivity index (χ2n) is 7.41. The van der Waals surface area contributed by atoms with Crippen LogP contribution in [-0.2, 0) is 4.79 Å². The number of hydrogen-bond donors (Lipinski definition) is 1. The molecule has 5 rings (SSSR count). The van der Waals surface area contributed by atoms with E-state index >= 15 is 0 Å². The number of aromatic nitrogens is 1. The molecular formula is C26H20N2O2. The van der Waals surface area contributed by atoms with E-state index in [-0.39, 0.29) is 12.5 Å². The fourth-order valence-electron chi connectivity index (χ4n) is 3.59. The second-order valence-corrected chi connectivity index (χ2v) is 7.41. The van der Waals surface area contributed by atoms with Gasteiger partial charge in [0.25, 0.3) is 5.91 Å². The first-order valence-corrected chi connectivity index (χ1v) is 9.87. The maximum Gasteiger partial charge on any atom is 0.262 e. The SMILES string of the molecule is Cc1ccc(-c2cc(-c3ccccc3)nc(-c3ccc4c(c3)NC(=O)CO4)c2)cc1. The fourth-order valence-corrected chi connectivity index (χ4v) is 3.59. The molecule has 4 aromatic rings. The Labute approximate surface area is 175 Å². The zero-order valence-corrected chi connectivity index (χ0v) is 16.6. The first-order chi connectivity index (χ1) is 14.7. The summed E-state index contributed by atoms with van der Waals surface area (Å²) in [5.74, 6) is 0.530. The number of nitrogens with zero attached hydrogens (tertiary/aromatic N) is 1. The van der Waals surface area contributed by atoms with Gasteiger partial charge in [0, 0.05) is 11.1 Å². The van der Waals surface area contributed by atoms with E-state index in [0.717, 1.165) is 33.6 Å². The maximum atomic E-state index is 11.7. The highest BCUT2D eigenvalue weighted by atomic mass is 16.5. The van der Waals surface area contributed by atoms with E-state index in [1.165, 1.54) is 5.56 Å². The molecule has 0 spiro atoms. The third kappa shape index (κ3) is 3.55. The number of amides is 1. The zero-order chi connectivity index (χ0) is 20.5. The summed E-state index contributed by atoms with van der Waals surface area (Å²) in [6.45, 7) is 2.13. The van der Waals surface area contributed by atoms with Crippen molar-refractivity contribution in [3.8, 4) is 39.4 Å². The largest absolute Gasteiger partial charge is 0.482 e. The van der Waals surface area contributed by atoms with Crippen LogP contribution >= 0.6 is 0 Å². The van der Waals surface area contributed by atoms with Crippen molar-refractivity contribution in [2.24, 2.45) is 0 Å². The Morgan fingerprint density at radius 3 is 2.23 bits per heavy atom. The first kappa shape index (κ1) is 18.1. The van der Waals surface area contributed by atoms with Gasteiger partial charge in [-0.3, -0.25) is 4.79 Å². The van der Waals surface area contributed by atoms with Gasteiger partial charge < -0.3 is 10.1 Å². The Morgan fingerprint density at radius 2 is 1.47 bits per heavy atom. The van der Waals surface area contributed by atoms with Crippen LogP contribution < -0.4 is 10.1 Å². The highest BCUT2D eigenvalue weighted by Gasteiger charge is 2.17. The van der Waals surface area contributed by atoms with Crippen molar-refractivity contribution in [1.82, 2.24) is 4.98 Å². The van der Waals surface area contributed by atoms with Crippen molar-refractivity contribution < 1.29 is 9.53 Å². The van der Waals surface area contributed by atoms with Gasteiger partial charge in [0.1, 0.15) is 5.75 Å². The van der Waals surface area contributed by atoms with Gasteiger partial charge in [-0.25, -0.2) is 4.98 Å². The van der Waals surface area contributed by atoms with Crippen molar-refractivity contribution in [1.29, 1.82) is 0 Å². The average Bonchev–Trinajstić information content (AvgIpc) is 2.79. The molecule has 30 heavy (non-hydrogen) atoms. The summed E-state index contributed by atoms with van der Waals surface area (Å²) in [5, 5.41) is 2.88. The topological polar surface area (TPSA) is 51.2 Å².